The lowest BCUT2D eigenvalue weighted by Crippen LogP contribution is -2.05. The third-order valence-corrected chi connectivity index (χ3v) is 2.75. The van der Waals surface area contributed by atoms with Crippen molar-refractivity contribution in [1.29, 1.82) is 0 Å². The highest BCUT2D eigenvalue weighted by atomic mass is 16.3. The van der Waals surface area contributed by atoms with Gasteiger partial charge in [-0.15, -0.1) is 0 Å². The molecule has 3 rings (SSSR count). The van der Waals surface area contributed by atoms with Crippen LogP contribution in [0.4, 0.5) is 0 Å². The zero-order valence-electron chi connectivity index (χ0n) is 8.33. The van der Waals surface area contributed by atoms with Crippen molar-refractivity contribution in [2.45, 2.75) is 6.92 Å². The number of nitrogens with one attached hydrogen (secondary N) is 2. The van der Waals surface area contributed by atoms with Crippen LogP contribution < -0.4 is 4.98 Å². The largest absolute Gasteiger partial charge is 0.508 e. The predicted octanol–water partition coefficient (Wildman–Crippen LogP) is 2.15. The van der Waals surface area contributed by atoms with Crippen molar-refractivity contribution in [3.05, 3.63) is 36.2 Å². The fourth-order valence-corrected chi connectivity index (χ4v) is 2.00. The number of hydrogen-bond donors (Lipinski definition) is 2. The maximum atomic E-state index is 9.40. The van der Waals surface area contributed by atoms with Crippen LogP contribution >= 0.6 is 0 Å². The Bertz CT molecular complexity index is 655. The molecule has 3 nitrogen and oxygen atoms in total. The lowest BCUT2D eigenvalue weighted by molar-refractivity contribution is -0.385. The second-order valence-electron chi connectivity index (χ2n) is 3.75. The van der Waals surface area contributed by atoms with Gasteiger partial charge in [-0.3, -0.25) is 0 Å². The fourth-order valence-electron chi connectivity index (χ4n) is 2.00. The maximum absolute atomic E-state index is 9.40. The molecule has 0 bridgehead atoms. The summed E-state index contributed by atoms with van der Waals surface area (Å²) in [4.78, 5) is 6.45. The highest BCUT2D eigenvalue weighted by Crippen LogP contribution is 2.27. The average molecular weight is 199 g/mol. The van der Waals surface area contributed by atoms with Gasteiger partial charge in [0.1, 0.15) is 11.3 Å². The standard InChI is InChI=1S/C12H10N2O/c1-7-12-10(4-5-13-7)9-3-2-8(15)6-11(9)14-12/h2-6,14-15H,1H3/p+1. The minimum Gasteiger partial charge on any atom is -0.508 e. The molecule has 0 atom stereocenters. The van der Waals surface area contributed by atoms with E-state index in [2.05, 4.69) is 9.97 Å². The Labute approximate surface area is 86.4 Å². The minimum absolute atomic E-state index is 0.288. The number of phenols is 1. The number of H-pyrrole nitrogens is 2. The van der Waals surface area contributed by atoms with Crippen LogP contribution in [-0.2, 0) is 0 Å². The van der Waals surface area contributed by atoms with Crippen LogP contribution in [0.1, 0.15) is 5.69 Å². The Hall–Kier alpha value is -2.03. The molecule has 3 N–H and O–H groups in total. The van der Waals surface area contributed by atoms with E-state index in [4.69, 9.17) is 0 Å². The van der Waals surface area contributed by atoms with Gasteiger partial charge in [0.2, 0.25) is 5.69 Å². The number of aromatic hydroxyl groups is 1. The normalized spacial score (nSPS) is 11.3. The van der Waals surface area contributed by atoms with Gasteiger partial charge in [0, 0.05) is 29.8 Å². The monoisotopic (exact) mass is 199 g/mol. The molecule has 0 spiro atoms. The van der Waals surface area contributed by atoms with Crippen LogP contribution in [0.25, 0.3) is 21.8 Å². The number of aromatic amines is 2. The molecule has 3 aromatic rings. The van der Waals surface area contributed by atoms with Crippen molar-refractivity contribution >= 4 is 21.8 Å². The first-order chi connectivity index (χ1) is 7.25. The summed E-state index contributed by atoms with van der Waals surface area (Å²) in [5.41, 5.74) is 3.16. The van der Waals surface area contributed by atoms with E-state index >= 15 is 0 Å². The summed E-state index contributed by atoms with van der Waals surface area (Å²) in [6, 6.07) is 7.43. The fraction of sp³-hybridized carbons (Fsp3) is 0.0833. The molecular weight excluding hydrogens is 188 g/mol. The highest BCUT2D eigenvalue weighted by molar-refractivity contribution is 6.07. The molecule has 74 valence electrons. The highest BCUT2D eigenvalue weighted by Gasteiger charge is 2.09. The summed E-state index contributed by atoms with van der Waals surface area (Å²) in [6.07, 6.45) is 1.93. The predicted molar refractivity (Wildman–Crippen MR) is 58.8 cm³/mol. The molecule has 2 aromatic heterocycles. The van der Waals surface area contributed by atoms with E-state index < -0.39 is 0 Å². The molecule has 0 saturated heterocycles. The van der Waals surface area contributed by atoms with Crippen molar-refractivity contribution < 1.29 is 10.1 Å². The molecule has 3 heteroatoms. The average Bonchev–Trinajstić information content (AvgIpc) is 2.57. The lowest BCUT2D eigenvalue weighted by atomic mass is 10.1. The summed E-state index contributed by atoms with van der Waals surface area (Å²) >= 11 is 0. The van der Waals surface area contributed by atoms with Gasteiger partial charge >= 0.3 is 0 Å². The molecule has 0 aliphatic rings. The van der Waals surface area contributed by atoms with Crippen LogP contribution in [0.3, 0.4) is 0 Å². The summed E-state index contributed by atoms with van der Waals surface area (Å²) in [6.45, 7) is 2.03. The van der Waals surface area contributed by atoms with Gasteiger partial charge in [-0.2, -0.15) is 0 Å². The van der Waals surface area contributed by atoms with Crippen LogP contribution in [0.15, 0.2) is 30.5 Å². The Morgan fingerprint density at radius 1 is 1.20 bits per heavy atom. The van der Waals surface area contributed by atoms with Crippen molar-refractivity contribution in [2.75, 3.05) is 0 Å². The molecule has 2 heterocycles. The molecule has 0 radical (unpaired) electrons. The smallest absolute Gasteiger partial charge is 0.200 e. The second-order valence-corrected chi connectivity index (χ2v) is 3.75. The molecule has 0 amide bonds. The number of fused-ring (bicyclic) bond motifs is 3. The van der Waals surface area contributed by atoms with Crippen LogP contribution in [0.2, 0.25) is 0 Å². The second kappa shape index (κ2) is 2.73. The molecule has 1 aromatic carbocycles. The zero-order valence-corrected chi connectivity index (χ0v) is 8.33. The molecule has 0 unspecified atom stereocenters. The third kappa shape index (κ3) is 1.09. The van der Waals surface area contributed by atoms with Gasteiger partial charge < -0.3 is 10.1 Å². The number of benzene rings is 1. The van der Waals surface area contributed by atoms with Gasteiger partial charge in [-0.05, 0) is 12.1 Å². The number of aryl methyl sites for hydroxylation is 1. The molecule has 0 saturated carbocycles. The van der Waals surface area contributed by atoms with Crippen molar-refractivity contribution in [2.24, 2.45) is 0 Å². The number of rotatable bonds is 0. The van der Waals surface area contributed by atoms with Crippen LogP contribution in [-0.4, -0.2) is 10.1 Å². The summed E-state index contributed by atoms with van der Waals surface area (Å²) in [5, 5.41) is 11.7. The van der Waals surface area contributed by atoms with E-state index in [0.29, 0.717) is 0 Å². The topological polar surface area (TPSA) is 50.2 Å². The summed E-state index contributed by atoms with van der Waals surface area (Å²) < 4.78 is 0. The maximum Gasteiger partial charge on any atom is 0.200 e. The Kier molecular flexibility index (Phi) is 1.51. The molecule has 15 heavy (non-hydrogen) atoms. The van der Waals surface area contributed by atoms with E-state index in [-0.39, 0.29) is 5.75 Å². The van der Waals surface area contributed by atoms with E-state index in [1.165, 1.54) is 5.39 Å². The van der Waals surface area contributed by atoms with Gasteiger partial charge in [0.05, 0.1) is 5.52 Å². The van der Waals surface area contributed by atoms with Gasteiger partial charge in [-0.25, -0.2) is 4.98 Å². The number of hydrogen-bond acceptors (Lipinski definition) is 1. The lowest BCUT2D eigenvalue weighted by Gasteiger charge is -1.91. The quantitative estimate of drug-likeness (QED) is 0.572. The molecular formula is C12H11N2O+. The van der Waals surface area contributed by atoms with Gasteiger partial charge in [0.15, 0.2) is 6.20 Å². The summed E-state index contributed by atoms with van der Waals surface area (Å²) in [7, 11) is 0. The van der Waals surface area contributed by atoms with Crippen molar-refractivity contribution in [3.63, 3.8) is 0 Å². The van der Waals surface area contributed by atoms with Gasteiger partial charge in [0.25, 0.3) is 0 Å². The summed E-state index contributed by atoms with van der Waals surface area (Å²) in [5.74, 6) is 0.288. The van der Waals surface area contributed by atoms with Gasteiger partial charge in [-0.1, -0.05) is 0 Å². The van der Waals surface area contributed by atoms with E-state index in [0.717, 1.165) is 22.1 Å². The SMILES string of the molecule is Cc1[nH+]ccc2c1[nH]c1cc(O)ccc12. The van der Waals surface area contributed by atoms with Crippen LogP contribution in [0.5, 0.6) is 5.75 Å². The zero-order chi connectivity index (χ0) is 10.4. The molecule has 0 aliphatic carbocycles. The van der Waals surface area contributed by atoms with E-state index in [9.17, 15) is 5.11 Å². The molecule has 0 fully saturated rings. The van der Waals surface area contributed by atoms with Crippen molar-refractivity contribution in [1.82, 2.24) is 4.98 Å². The first-order valence-electron chi connectivity index (χ1n) is 4.87. The first-order valence-corrected chi connectivity index (χ1v) is 4.87. The van der Waals surface area contributed by atoms with Crippen molar-refractivity contribution in [3.8, 4) is 5.75 Å². The van der Waals surface area contributed by atoms with E-state index in [1.54, 1.807) is 12.1 Å². The Morgan fingerprint density at radius 2 is 2.07 bits per heavy atom. The van der Waals surface area contributed by atoms with Crippen LogP contribution in [0, 0.1) is 6.92 Å². The number of aromatic nitrogens is 2. The number of phenolic OH excluding ortho intramolecular Hbond substituents is 1. The Morgan fingerprint density at radius 3 is 2.93 bits per heavy atom. The number of pyridine rings is 1. The third-order valence-electron chi connectivity index (χ3n) is 2.75. The Balaban J connectivity index is 2.57. The minimum atomic E-state index is 0.288. The molecule has 0 aliphatic heterocycles. The first kappa shape index (κ1) is 8.29. The van der Waals surface area contributed by atoms with E-state index in [1.807, 2.05) is 25.3 Å².